The minimum atomic E-state index is -0.0620. The fourth-order valence-corrected chi connectivity index (χ4v) is 1.25. The average Bonchev–Trinajstić information content (AvgIpc) is 2.35. The molecule has 1 N–H and O–H groups in total. The predicted octanol–water partition coefficient (Wildman–Crippen LogP) is 0.526. The van der Waals surface area contributed by atoms with Gasteiger partial charge in [-0.1, -0.05) is 0 Å². The van der Waals surface area contributed by atoms with E-state index in [0.717, 1.165) is 0 Å². The molecule has 0 spiro atoms. The lowest BCUT2D eigenvalue weighted by molar-refractivity contribution is -0.119. The Labute approximate surface area is 94.7 Å². The summed E-state index contributed by atoms with van der Waals surface area (Å²) in [4.78, 5) is 17.2. The van der Waals surface area contributed by atoms with E-state index in [-0.39, 0.29) is 12.5 Å². The summed E-state index contributed by atoms with van der Waals surface area (Å²) in [5, 5.41) is 11.2. The molecule has 0 aromatic carbocycles. The van der Waals surface area contributed by atoms with Crippen molar-refractivity contribution in [2.24, 2.45) is 0 Å². The normalized spacial score (nSPS) is 9.31. The molecule has 1 aromatic rings. The Morgan fingerprint density at radius 1 is 1.62 bits per heavy atom. The summed E-state index contributed by atoms with van der Waals surface area (Å²) in [6, 6.07) is 5.43. The van der Waals surface area contributed by atoms with Crippen LogP contribution in [-0.4, -0.2) is 31.0 Å². The van der Waals surface area contributed by atoms with Crippen molar-refractivity contribution in [1.29, 1.82) is 5.26 Å². The van der Waals surface area contributed by atoms with Crippen LogP contribution in [0.3, 0.4) is 0 Å². The molecule has 0 fully saturated rings. The van der Waals surface area contributed by atoms with Crippen LogP contribution < -0.4 is 10.2 Å². The van der Waals surface area contributed by atoms with Crippen LogP contribution in [0, 0.1) is 11.3 Å². The predicted molar refractivity (Wildman–Crippen MR) is 60.9 cm³/mol. The minimum absolute atomic E-state index is 0.0620. The molecule has 1 aromatic heterocycles. The van der Waals surface area contributed by atoms with Gasteiger partial charge in [0.25, 0.3) is 0 Å². The Morgan fingerprint density at radius 2 is 2.38 bits per heavy atom. The maximum Gasteiger partial charge on any atom is 0.239 e. The molecular weight excluding hydrogens is 204 g/mol. The molecule has 0 aliphatic carbocycles. The molecule has 0 bridgehead atoms. The van der Waals surface area contributed by atoms with Gasteiger partial charge in [-0.05, 0) is 19.1 Å². The van der Waals surface area contributed by atoms with Crippen LogP contribution in [0.25, 0.3) is 0 Å². The van der Waals surface area contributed by atoms with Crippen LogP contribution >= 0.6 is 0 Å². The zero-order valence-electron chi connectivity index (χ0n) is 9.40. The van der Waals surface area contributed by atoms with Gasteiger partial charge in [0, 0.05) is 19.8 Å². The summed E-state index contributed by atoms with van der Waals surface area (Å²) >= 11 is 0. The Morgan fingerprint density at radius 3 is 2.81 bits per heavy atom. The number of likely N-dealkylation sites (N-methyl/N-ethyl adjacent to an activating group) is 2. The highest BCUT2D eigenvalue weighted by molar-refractivity contribution is 5.80. The first-order chi connectivity index (χ1) is 7.71. The number of amides is 1. The van der Waals surface area contributed by atoms with Crippen molar-refractivity contribution in [3.63, 3.8) is 0 Å². The molecule has 5 heteroatoms. The SMILES string of the molecule is CCN(CC(=O)NC)c1ccc(C#N)cn1. The first kappa shape index (κ1) is 12.0. The van der Waals surface area contributed by atoms with E-state index < -0.39 is 0 Å². The van der Waals surface area contributed by atoms with Gasteiger partial charge < -0.3 is 10.2 Å². The number of hydrogen-bond donors (Lipinski definition) is 1. The van der Waals surface area contributed by atoms with E-state index in [4.69, 9.17) is 5.26 Å². The molecule has 84 valence electrons. The van der Waals surface area contributed by atoms with E-state index in [1.165, 1.54) is 6.20 Å². The smallest absolute Gasteiger partial charge is 0.239 e. The number of carbonyl (C=O) groups is 1. The number of pyridine rings is 1. The molecule has 0 radical (unpaired) electrons. The number of aromatic nitrogens is 1. The largest absolute Gasteiger partial charge is 0.358 e. The molecule has 1 heterocycles. The van der Waals surface area contributed by atoms with Crippen molar-refractivity contribution in [3.05, 3.63) is 23.9 Å². The lowest BCUT2D eigenvalue weighted by Crippen LogP contribution is -2.35. The number of nitriles is 1. The third kappa shape index (κ3) is 2.95. The second kappa shape index (κ2) is 5.71. The van der Waals surface area contributed by atoms with Gasteiger partial charge in [-0.2, -0.15) is 5.26 Å². The van der Waals surface area contributed by atoms with Crippen LogP contribution in [0.2, 0.25) is 0 Å². The van der Waals surface area contributed by atoms with Gasteiger partial charge in [0.2, 0.25) is 5.91 Å². The Balaban J connectivity index is 2.79. The second-order valence-electron chi connectivity index (χ2n) is 3.20. The summed E-state index contributed by atoms with van der Waals surface area (Å²) in [6.07, 6.45) is 1.50. The Hall–Kier alpha value is -2.09. The molecule has 0 aliphatic heterocycles. The van der Waals surface area contributed by atoms with Gasteiger partial charge in [0.15, 0.2) is 0 Å². The van der Waals surface area contributed by atoms with Crippen molar-refractivity contribution in [2.45, 2.75) is 6.92 Å². The molecule has 0 saturated carbocycles. The van der Waals surface area contributed by atoms with Gasteiger partial charge >= 0.3 is 0 Å². The van der Waals surface area contributed by atoms with Crippen molar-refractivity contribution in [3.8, 4) is 6.07 Å². The first-order valence-electron chi connectivity index (χ1n) is 5.03. The summed E-state index contributed by atoms with van der Waals surface area (Å²) in [5.74, 6) is 0.637. The third-order valence-electron chi connectivity index (χ3n) is 2.20. The van der Waals surface area contributed by atoms with E-state index in [9.17, 15) is 4.79 Å². The molecule has 5 nitrogen and oxygen atoms in total. The van der Waals surface area contributed by atoms with Crippen LogP contribution in [0.1, 0.15) is 12.5 Å². The summed E-state index contributed by atoms with van der Waals surface area (Å²) in [6.45, 7) is 2.90. The average molecular weight is 218 g/mol. The highest BCUT2D eigenvalue weighted by atomic mass is 16.1. The standard InChI is InChI=1S/C11H14N4O/c1-3-15(8-11(16)13-2)10-5-4-9(6-12)7-14-10/h4-5,7H,3,8H2,1-2H3,(H,13,16). The topological polar surface area (TPSA) is 69.0 Å². The fraction of sp³-hybridized carbons (Fsp3) is 0.364. The maximum atomic E-state index is 11.2. The molecule has 0 saturated heterocycles. The summed E-state index contributed by atoms with van der Waals surface area (Å²) in [5.41, 5.74) is 0.514. The van der Waals surface area contributed by atoms with Gasteiger partial charge in [-0.25, -0.2) is 4.98 Å². The quantitative estimate of drug-likeness (QED) is 0.800. The zero-order chi connectivity index (χ0) is 12.0. The van der Waals surface area contributed by atoms with Crippen molar-refractivity contribution >= 4 is 11.7 Å². The van der Waals surface area contributed by atoms with Gasteiger partial charge in [0.05, 0.1) is 12.1 Å². The number of hydrogen-bond acceptors (Lipinski definition) is 4. The summed E-state index contributed by atoms with van der Waals surface area (Å²) in [7, 11) is 1.60. The summed E-state index contributed by atoms with van der Waals surface area (Å²) < 4.78 is 0. The van der Waals surface area contributed by atoms with E-state index in [2.05, 4.69) is 10.3 Å². The van der Waals surface area contributed by atoms with E-state index in [1.807, 2.05) is 17.9 Å². The van der Waals surface area contributed by atoms with Crippen LogP contribution in [0.15, 0.2) is 18.3 Å². The van der Waals surface area contributed by atoms with Crippen LogP contribution in [0.4, 0.5) is 5.82 Å². The minimum Gasteiger partial charge on any atom is -0.358 e. The third-order valence-corrected chi connectivity index (χ3v) is 2.20. The fourth-order valence-electron chi connectivity index (χ4n) is 1.25. The highest BCUT2D eigenvalue weighted by Crippen LogP contribution is 2.10. The number of carbonyl (C=O) groups excluding carboxylic acids is 1. The van der Waals surface area contributed by atoms with Gasteiger partial charge in [-0.3, -0.25) is 4.79 Å². The molecule has 1 amide bonds. The Bertz CT molecular complexity index is 393. The van der Waals surface area contributed by atoms with E-state index in [1.54, 1.807) is 19.2 Å². The van der Waals surface area contributed by atoms with Crippen molar-refractivity contribution < 1.29 is 4.79 Å². The van der Waals surface area contributed by atoms with Crippen molar-refractivity contribution in [2.75, 3.05) is 25.0 Å². The highest BCUT2D eigenvalue weighted by Gasteiger charge is 2.09. The maximum absolute atomic E-state index is 11.2. The number of anilines is 1. The number of rotatable bonds is 4. The van der Waals surface area contributed by atoms with E-state index >= 15 is 0 Å². The molecule has 0 aliphatic rings. The van der Waals surface area contributed by atoms with Gasteiger partial charge in [0.1, 0.15) is 11.9 Å². The lowest BCUT2D eigenvalue weighted by Gasteiger charge is -2.20. The molecule has 1 rings (SSSR count). The van der Waals surface area contributed by atoms with Crippen LogP contribution in [0.5, 0.6) is 0 Å². The first-order valence-corrected chi connectivity index (χ1v) is 5.03. The molecule has 0 atom stereocenters. The van der Waals surface area contributed by atoms with Crippen LogP contribution in [-0.2, 0) is 4.79 Å². The zero-order valence-corrected chi connectivity index (χ0v) is 9.40. The number of nitrogens with zero attached hydrogens (tertiary/aromatic N) is 3. The molecule has 0 unspecified atom stereocenters. The van der Waals surface area contributed by atoms with Crippen molar-refractivity contribution in [1.82, 2.24) is 10.3 Å². The van der Waals surface area contributed by atoms with E-state index in [0.29, 0.717) is 17.9 Å². The monoisotopic (exact) mass is 218 g/mol. The lowest BCUT2D eigenvalue weighted by atomic mass is 10.3. The molecule has 16 heavy (non-hydrogen) atoms. The molecular formula is C11H14N4O. The Kier molecular flexibility index (Phi) is 4.28. The number of nitrogens with one attached hydrogen (secondary N) is 1. The second-order valence-corrected chi connectivity index (χ2v) is 3.20. The van der Waals surface area contributed by atoms with Gasteiger partial charge in [-0.15, -0.1) is 0 Å².